The molecule has 1 N–H and O–H groups in total. The summed E-state index contributed by atoms with van der Waals surface area (Å²) >= 11 is 6.38. The molecule has 0 aromatic heterocycles. The monoisotopic (exact) mass is 599 g/mol. The molecule has 2 amide bonds. The summed E-state index contributed by atoms with van der Waals surface area (Å²) < 4.78 is 34.3. The van der Waals surface area contributed by atoms with Gasteiger partial charge in [0.15, 0.2) is 0 Å². The Morgan fingerprint density at radius 3 is 2.27 bits per heavy atom. The van der Waals surface area contributed by atoms with E-state index in [0.29, 0.717) is 18.7 Å². The number of sulfonamides is 1. The second kappa shape index (κ2) is 14.4. The molecule has 1 unspecified atom stereocenters. The first kappa shape index (κ1) is 32.0. The fourth-order valence-corrected chi connectivity index (χ4v) is 6.13. The van der Waals surface area contributed by atoms with Gasteiger partial charge in [0.25, 0.3) is 10.0 Å². The lowest BCUT2D eigenvalue weighted by Gasteiger charge is -2.33. The summed E-state index contributed by atoms with van der Waals surface area (Å²) in [5.41, 5.74) is 2.94. The van der Waals surface area contributed by atoms with Gasteiger partial charge in [0.2, 0.25) is 11.8 Å². The first-order valence-corrected chi connectivity index (χ1v) is 15.4. The van der Waals surface area contributed by atoms with Gasteiger partial charge in [-0.3, -0.25) is 13.9 Å². The van der Waals surface area contributed by atoms with Crippen LogP contribution in [-0.2, 0) is 26.2 Å². The van der Waals surface area contributed by atoms with E-state index in [1.54, 1.807) is 24.3 Å². The van der Waals surface area contributed by atoms with Crippen molar-refractivity contribution in [3.05, 3.63) is 88.4 Å². The summed E-state index contributed by atoms with van der Waals surface area (Å²) in [6.07, 6.45) is 1.10. The molecule has 3 aromatic carbocycles. The van der Waals surface area contributed by atoms with Crippen LogP contribution in [0.5, 0.6) is 5.75 Å². The molecule has 0 fully saturated rings. The molecular formula is C31H38ClN3O5S. The number of nitrogens with zero attached hydrogens (tertiary/aromatic N) is 2. The molecule has 8 nitrogen and oxygen atoms in total. The zero-order chi connectivity index (χ0) is 30.2. The summed E-state index contributed by atoms with van der Waals surface area (Å²) in [5, 5.41) is 3.08. The van der Waals surface area contributed by atoms with Crippen LogP contribution in [-0.4, -0.2) is 51.4 Å². The minimum Gasteiger partial charge on any atom is -0.495 e. The van der Waals surface area contributed by atoms with E-state index in [4.69, 9.17) is 16.3 Å². The molecule has 41 heavy (non-hydrogen) atoms. The Bertz CT molecular complexity index is 1460. The number of benzene rings is 3. The molecule has 0 aliphatic heterocycles. The minimum atomic E-state index is -4.20. The van der Waals surface area contributed by atoms with Crippen molar-refractivity contribution >= 4 is 39.1 Å². The van der Waals surface area contributed by atoms with Crippen LogP contribution >= 0.6 is 11.6 Å². The molecule has 1 atom stereocenters. The number of aryl methyl sites for hydroxylation is 2. The third-order valence-electron chi connectivity index (χ3n) is 6.68. The number of amides is 2. The smallest absolute Gasteiger partial charge is 0.264 e. The van der Waals surface area contributed by atoms with E-state index in [1.165, 1.54) is 30.2 Å². The highest BCUT2D eigenvalue weighted by molar-refractivity contribution is 7.92. The number of carbonyl (C=O) groups excluding carboxylic acids is 2. The van der Waals surface area contributed by atoms with Crippen LogP contribution < -0.4 is 14.4 Å². The number of ether oxygens (including phenoxy) is 1. The fourth-order valence-electron chi connectivity index (χ4n) is 4.47. The van der Waals surface area contributed by atoms with Crippen LogP contribution in [0, 0.1) is 13.8 Å². The molecule has 220 valence electrons. The number of hydrogen-bond donors (Lipinski definition) is 1. The number of anilines is 1. The predicted octanol–water partition coefficient (Wildman–Crippen LogP) is 5.49. The van der Waals surface area contributed by atoms with Crippen molar-refractivity contribution in [2.45, 2.75) is 58.0 Å². The lowest BCUT2D eigenvalue weighted by atomic mass is 10.1. The normalized spacial score (nSPS) is 12.0. The topological polar surface area (TPSA) is 96.0 Å². The molecule has 0 radical (unpaired) electrons. The van der Waals surface area contributed by atoms with Crippen LogP contribution in [0.2, 0.25) is 5.02 Å². The summed E-state index contributed by atoms with van der Waals surface area (Å²) in [7, 11) is -2.74. The zero-order valence-corrected chi connectivity index (χ0v) is 25.8. The summed E-state index contributed by atoms with van der Waals surface area (Å²) in [4.78, 5) is 28.8. The van der Waals surface area contributed by atoms with Gasteiger partial charge in [-0.2, -0.15) is 0 Å². The van der Waals surface area contributed by atoms with Gasteiger partial charge >= 0.3 is 0 Å². The number of carbonyl (C=O) groups is 2. The second-order valence-electron chi connectivity index (χ2n) is 9.87. The Morgan fingerprint density at radius 1 is 0.976 bits per heavy atom. The van der Waals surface area contributed by atoms with Gasteiger partial charge in [0, 0.05) is 13.1 Å². The largest absolute Gasteiger partial charge is 0.495 e. The highest BCUT2D eigenvalue weighted by Crippen LogP contribution is 2.32. The number of nitrogens with one attached hydrogen (secondary N) is 1. The molecule has 0 aliphatic carbocycles. The molecule has 10 heteroatoms. The van der Waals surface area contributed by atoms with Gasteiger partial charge in [-0.25, -0.2) is 8.42 Å². The zero-order valence-electron chi connectivity index (χ0n) is 24.2. The van der Waals surface area contributed by atoms with Gasteiger partial charge < -0.3 is 15.0 Å². The number of methoxy groups -OCH3 is 1. The van der Waals surface area contributed by atoms with E-state index in [9.17, 15) is 18.0 Å². The van der Waals surface area contributed by atoms with Crippen molar-refractivity contribution in [2.75, 3.05) is 24.5 Å². The van der Waals surface area contributed by atoms with Crippen LogP contribution in [0.1, 0.15) is 43.4 Å². The van der Waals surface area contributed by atoms with Crippen LogP contribution in [0.25, 0.3) is 0 Å². The number of halogens is 1. The highest BCUT2D eigenvalue weighted by Gasteiger charge is 2.34. The number of rotatable bonds is 13. The average Bonchev–Trinajstić information content (AvgIpc) is 2.94. The molecule has 0 aliphatic rings. The maximum Gasteiger partial charge on any atom is 0.264 e. The van der Waals surface area contributed by atoms with Gasteiger partial charge in [-0.1, -0.05) is 73.0 Å². The quantitative estimate of drug-likeness (QED) is 0.280. The molecule has 0 heterocycles. The predicted molar refractivity (Wildman–Crippen MR) is 163 cm³/mol. The van der Waals surface area contributed by atoms with Crippen molar-refractivity contribution in [3.8, 4) is 5.75 Å². The van der Waals surface area contributed by atoms with E-state index in [2.05, 4.69) is 5.32 Å². The molecule has 0 saturated carbocycles. The molecular weight excluding hydrogens is 562 g/mol. The highest BCUT2D eigenvalue weighted by atomic mass is 35.5. The Labute approximate surface area is 248 Å². The summed E-state index contributed by atoms with van der Waals surface area (Å²) in [6.45, 7) is 7.66. The standard InChI is InChI=1S/C31H38ClN3O5S/c1-6-17-33-31(37)28(7-2)34(20-24-10-8-9-23(4)18-24)30(36)21-35(25-13-16-29(40-5)27(32)19-25)41(38,39)26-14-11-22(3)12-15-26/h8-16,18-19,28H,6-7,17,20-21H2,1-5H3,(H,33,37). The van der Waals surface area contributed by atoms with Gasteiger partial charge in [-0.15, -0.1) is 0 Å². The average molecular weight is 600 g/mol. The molecule has 3 aromatic rings. The van der Waals surface area contributed by atoms with Crippen molar-refractivity contribution in [1.29, 1.82) is 0 Å². The first-order chi connectivity index (χ1) is 19.5. The van der Waals surface area contributed by atoms with Gasteiger partial charge in [0.1, 0.15) is 18.3 Å². The van der Waals surface area contributed by atoms with E-state index < -0.39 is 28.5 Å². The van der Waals surface area contributed by atoms with Crippen molar-refractivity contribution in [3.63, 3.8) is 0 Å². The lowest BCUT2D eigenvalue weighted by molar-refractivity contribution is -0.140. The van der Waals surface area contributed by atoms with E-state index in [-0.39, 0.29) is 28.1 Å². The Hall–Kier alpha value is -3.56. The summed E-state index contributed by atoms with van der Waals surface area (Å²) in [5.74, 6) is -0.433. The second-order valence-corrected chi connectivity index (χ2v) is 12.1. The molecule has 0 spiro atoms. The lowest BCUT2D eigenvalue weighted by Crippen LogP contribution is -2.52. The van der Waals surface area contributed by atoms with Crippen molar-refractivity contribution in [1.82, 2.24) is 10.2 Å². The molecule has 0 bridgehead atoms. The fraction of sp³-hybridized carbons (Fsp3) is 0.355. The maximum absolute atomic E-state index is 14.1. The van der Waals surface area contributed by atoms with Crippen LogP contribution in [0.3, 0.4) is 0 Å². The van der Waals surface area contributed by atoms with Gasteiger partial charge in [0.05, 0.1) is 22.7 Å². The van der Waals surface area contributed by atoms with Crippen molar-refractivity contribution in [2.24, 2.45) is 0 Å². The third kappa shape index (κ3) is 8.01. The Morgan fingerprint density at radius 2 is 1.68 bits per heavy atom. The molecule has 3 rings (SSSR count). The maximum atomic E-state index is 14.1. The van der Waals surface area contributed by atoms with E-state index in [1.807, 2.05) is 52.0 Å². The Kier molecular flexibility index (Phi) is 11.2. The van der Waals surface area contributed by atoms with Crippen LogP contribution in [0.4, 0.5) is 5.69 Å². The third-order valence-corrected chi connectivity index (χ3v) is 8.77. The minimum absolute atomic E-state index is 0.0285. The summed E-state index contributed by atoms with van der Waals surface area (Å²) in [6, 6.07) is 17.8. The van der Waals surface area contributed by atoms with Crippen LogP contribution in [0.15, 0.2) is 71.6 Å². The van der Waals surface area contributed by atoms with Crippen molar-refractivity contribution < 1.29 is 22.7 Å². The number of hydrogen-bond acceptors (Lipinski definition) is 5. The van der Waals surface area contributed by atoms with E-state index in [0.717, 1.165) is 27.4 Å². The van der Waals surface area contributed by atoms with Gasteiger partial charge in [-0.05, 0) is 62.6 Å². The SMILES string of the molecule is CCCNC(=O)C(CC)N(Cc1cccc(C)c1)C(=O)CN(c1ccc(OC)c(Cl)c1)S(=O)(=O)c1ccc(C)cc1. The molecule has 0 saturated heterocycles. The first-order valence-electron chi connectivity index (χ1n) is 13.6. The van der Waals surface area contributed by atoms with E-state index >= 15 is 0 Å². The Balaban J connectivity index is 2.09.